The lowest BCUT2D eigenvalue weighted by molar-refractivity contribution is 0.0588. The van der Waals surface area contributed by atoms with Crippen LogP contribution >= 0.6 is 12.4 Å². The third-order valence-corrected chi connectivity index (χ3v) is 1.88. The van der Waals surface area contributed by atoms with Gasteiger partial charge in [0.15, 0.2) is 0 Å². The van der Waals surface area contributed by atoms with Crippen molar-refractivity contribution in [2.45, 2.75) is 0 Å². The fourth-order valence-corrected chi connectivity index (χ4v) is 1.22. The summed E-state index contributed by atoms with van der Waals surface area (Å²) >= 11 is 0. The van der Waals surface area contributed by atoms with Crippen LogP contribution in [0.1, 0.15) is 10.6 Å². The number of fused-ring (bicyclic) bond motifs is 1. The second-order valence-electron chi connectivity index (χ2n) is 2.85. The first kappa shape index (κ1) is 11.3. The van der Waals surface area contributed by atoms with Gasteiger partial charge in [0.25, 0.3) is 0 Å². The number of ether oxygens (including phenoxy) is 1. The lowest BCUT2D eigenvalue weighted by atomic mass is 10.3. The van der Waals surface area contributed by atoms with Crippen molar-refractivity contribution in [3.05, 3.63) is 24.0 Å². The number of anilines is 1. The molecule has 0 spiro atoms. The first-order chi connectivity index (χ1) is 6.70. The molecule has 0 aliphatic rings. The topological polar surface area (TPSA) is 81.0 Å². The highest BCUT2D eigenvalue weighted by atomic mass is 35.5. The van der Waals surface area contributed by atoms with E-state index in [9.17, 15) is 4.79 Å². The summed E-state index contributed by atoms with van der Waals surface area (Å²) < 4.78 is 4.53. The van der Waals surface area contributed by atoms with Crippen molar-refractivity contribution in [3.8, 4) is 0 Å². The molecule has 1 aromatic carbocycles. The van der Waals surface area contributed by atoms with Crippen LogP contribution in [0, 0.1) is 0 Å². The van der Waals surface area contributed by atoms with Crippen LogP contribution in [-0.2, 0) is 4.74 Å². The number of halogens is 1. The van der Waals surface area contributed by atoms with Crippen molar-refractivity contribution in [1.29, 1.82) is 0 Å². The molecule has 0 radical (unpaired) electrons. The number of aromatic nitrogens is 2. The van der Waals surface area contributed by atoms with Gasteiger partial charge in [-0.3, -0.25) is 0 Å². The average molecular weight is 228 g/mol. The van der Waals surface area contributed by atoms with Gasteiger partial charge < -0.3 is 15.5 Å². The van der Waals surface area contributed by atoms with Crippen LogP contribution in [-0.4, -0.2) is 23.0 Å². The summed E-state index contributed by atoms with van der Waals surface area (Å²) in [6.07, 6.45) is 0. The lowest BCUT2D eigenvalue weighted by Crippen LogP contribution is -2.02. The molecule has 6 heteroatoms. The minimum absolute atomic E-state index is 0. The second kappa shape index (κ2) is 4.18. The number of rotatable bonds is 1. The predicted molar refractivity (Wildman–Crippen MR) is 59.1 cm³/mol. The third kappa shape index (κ3) is 2.02. The summed E-state index contributed by atoms with van der Waals surface area (Å²) in [4.78, 5) is 18.0. The van der Waals surface area contributed by atoms with Crippen LogP contribution in [0.5, 0.6) is 0 Å². The Morgan fingerprint density at radius 2 is 2.27 bits per heavy atom. The van der Waals surface area contributed by atoms with Crippen molar-refractivity contribution in [3.63, 3.8) is 0 Å². The first-order valence-electron chi connectivity index (χ1n) is 4.04. The SMILES string of the molecule is COC(=O)c1nc2ccc(N)cc2[nH]1.Cl. The number of hydrogen-bond acceptors (Lipinski definition) is 4. The molecule has 0 fully saturated rings. The fourth-order valence-electron chi connectivity index (χ4n) is 1.22. The van der Waals surface area contributed by atoms with Crippen molar-refractivity contribution in [2.24, 2.45) is 0 Å². The van der Waals surface area contributed by atoms with Crippen molar-refractivity contribution in [2.75, 3.05) is 12.8 Å². The monoisotopic (exact) mass is 227 g/mol. The molecule has 3 N–H and O–H groups in total. The van der Waals surface area contributed by atoms with Crippen LogP contribution in [0.3, 0.4) is 0 Å². The van der Waals surface area contributed by atoms with Crippen LogP contribution in [0.2, 0.25) is 0 Å². The summed E-state index contributed by atoms with van der Waals surface area (Å²) in [7, 11) is 1.31. The first-order valence-corrected chi connectivity index (χ1v) is 4.04. The molecule has 5 nitrogen and oxygen atoms in total. The number of nitrogens with zero attached hydrogens (tertiary/aromatic N) is 1. The van der Waals surface area contributed by atoms with E-state index in [1.807, 2.05) is 0 Å². The number of carbonyl (C=O) groups is 1. The predicted octanol–water partition coefficient (Wildman–Crippen LogP) is 1.35. The Morgan fingerprint density at radius 1 is 1.53 bits per heavy atom. The number of nitrogen functional groups attached to an aromatic ring is 1. The number of benzene rings is 1. The molecule has 15 heavy (non-hydrogen) atoms. The van der Waals surface area contributed by atoms with Gasteiger partial charge in [-0.1, -0.05) is 0 Å². The van der Waals surface area contributed by atoms with Crippen LogP contribution in [0.15, 0.2) is 18.2 Å². The quantitative estimate of drug-likeness (QED) is 0.569. The molecule has 1 aromatic heterocycles. The van der Waals surface area contributed by atoms with Crippen molar-refractivity contribution >= 4 is 35.1 Å². The van der Waals surface area contributed by atoms with E-state index in [0.29, 0.717) is 11.2 Å². The summed E-state index contributed by atoms with van der Waals surface area (Å²) in [5, 5.41) is 0. The number of aromatic amines is 1. The number of carbonyl (C=O) groups excluding carboxylic acids is 1. The summed E-state index contributed by atoms with van der Waals surface area (Å²) in [6.45, 7) is 0. The molecule has 0 saturated heterocycles. The Kier molecular flexibility index (Phi) is 3.16. The molecule has 0 bridgehead atoms. The Labute approximate surface area is 92.0 Å². The average Bonchev–Trinajstić information content (AvgIpc) is 2.59. The summed E-state index contributed by atoms with van der Waals surface area (Å²) in [5.41, 5.74) is 7.62. The highest BCUT2D eigenvalue weighted by molar-refractivity contribution is 5.90. The van der Waals surface area contributed by atoms with E-state index in [2.05, 4.69) is 14.7 Å². The third-order valence-electron chi connectivity index (χ3n) is 1.88. The zero-order chi connectivity index (χ0) is 10.1. The Balaban J connectivity index is 0.00000112. The number of nitrogens with one attached hydrogen (secondary N) is 1. The standard InChI is InChI=1S/C9H9N3O2.ClH/c1-14-9(13)8-11-6-3-2-5(10)4-7(6)12-8;/h2-4H,10H2,1H3,(H,11,12);1H. The van der Waals surface area contributed by atoms with Crippen molar-refractivity contribution in [1.82, 2.24) is 9.97 Å². The molecular formula is C9H10ClN3O2. The van der Waals surface area contributed by atoms with Crippen molar-refractivity contribution < 1.29 is 9.53 Å². The number of H-pyrrole nitrogens is 1. The van der Waals surface area contributed by atoms with E-state index >= 15 is 0 Å². The molecular weight excluding hydrogens is 218 g/mol. The maximum atomic E-state index is 11.1. The van der Waals surface area contributed by atoms with Gasteiger partial charge in [-0.05, 0) is 18.2 Å². The fraction of sp³-hybridized carbons (Fsp3) is 0.111. The molecule has 0 saturated carbocycles. The van der Waals surface area contributed by atoms with E-state index in [4.69, 9.17) is 5.73 Å². The zero-order valence-electron chi connectivity index (χ0n) is 7.98. The minimum Gasteiger partial charge on any atom is -0.463 e. The Morgan fingerprint density at radius 3 is 2.93 bits per heavy atom. The van der Waals surface area contributed by atoms with Crippen LogP contribution in [0.4, 0.5) is 5.69 Å². The van der Waals surface area contributed by atoms with Crippen LogP contribution in [0.25, 0.3) is 11.0 Å². The number of methoxy groups -OCH3 is 1. The van der Waals surface area contributed by atoms with E-state index in [-0.39, 0.29) is 18.2 Å². The highest BCUT2D eigenvalue weighted by Gasteiger charge is 2.10. The molecule has 0 aliphatic heterocycles. The van der Waals surface area contributed by atoms with Gasteiger partial charge in [-0.15, -0.1) is 12.4 Å². The highest BCUT2D eigenvalue weighted by Crippen LogP contribution is 2.14. The maximum Gasteiger partial charge on any atom is 0.374 e. The molecule has 1 heterocycles. The normalized spacial score (nSPS) is 9.67. The number of nitrogens with two attached hydrogens (primary N) is 1. The van der Waals surface area contributed by atoms with Crippen LogP contribution < -0.4 is 5.73 Å². The van der Waals surface area contributed by atoms with Gasteiger partial charge in [-0.2, -0.15) is 0 Å². The van der Waals surface area contributed by atoms with Gasteiger partial charge in [0.1, 0.15) is 0 Å². The van der Waals surface area contributed by atoms with E-state index in [1.54, 1.807) is 18.2 Å². The summed E-state index contributed by atoms with van der Waals surface area (Å²) in [6, 6.07) is 5.19. The molecule has 2 rings (SSSR count). The number of esters is 1. The van der Waals surface area contributed by atoms with Gasteiger partial charge in [-0.25, -0.2) is 9.78 Å². The van der Waals surface area contributed by atoms with Gasteiger partial charge in [0, 0.05) is 5.69 Å². The smallest absolute Gasteiger partial charge is 0.374 e. The van der Waals surface area contributed by atoms with E-state index in [1.165, 1.54) is 7.11 Å². The minimum atomic E-state index is -0.486. The number of imidazole rings is 1. The molecule has 80 valence electrons. The van der Waals surface area contributed by atoms with Gasteiger partial charge in [0.05, 0.1) is 18.1 Å². The molecule has 2 aromatic rings. The van der Waals surface area contributed by atoms with Gasteiger partial charge in [0.2, 0.25) is 5.82 Å². The molecule has 0 atom stereocenters. The Bertz CT molecular complexity index is 495. The largest absolute Gasteiger partial charge is 0.463 e. The maximum absolute atomic E-state index is 11.1. The second-order valence-corrected chi connectivity index (χ2v) is 2.85. The zero-order valence-corrected chi connectivity index (χ0v) is 8.80. The molecule has 0 aliphatic carbocycles. The van der Waals surface area contributed by atoms with E-state index < -0.39 is 5.97 Å². The van der Waals surface area contributed by atoms with Gasteiger partial charge >= 0.3 is 5.97 Å². The van der Waals surface area contributed by atoms with E-state index in [0.717, 1.165) is 5.52 Å². The molecule has 0 amide bonds. The Hall–Kier alpha value is -1.75. The molecule has 0 unspecified atom stereocenters. The lowest BCUT2D eigenvalue weighted by Gasteiger charge is -1.90. The summed E-state index contributed by atoms with van der Waals surface area (Å²) in [5.74, 6) is -0.298. The number of hydrogen-bond donors (Lipinski definition) is 2.